The fourth-order valence-corrected chi connectivity index (χ4v) is 2.19. The van der Waals surface area contributed by atoms with Crippen molar-refractivity contribution in [3.63, 3.8) is 0 Å². The smallest absolute Gasteiger partial charge is 0.0671 e. The quantitative estimate of drug-likeness (QED) is 0.771. The Bertz CT molecular complexity index is 595. The summed E-state index contributed by atoms with van der Waals surface area (Å²) in [5.41, 5.74) is 8.28. The van der Waals surface area contributed by atoms with Crippen LogP contribution in [0, 0.1) is 0 Å². The maximum Gasteiger partial charge on any atom is 0.0671 e. The Morgan fingerprint density at radius 2 is 1.81 bits per heavy atom. The lowest BCUT2D eigenvalue weighted by atomic mass is 9.97. The Kier molecular flexibility index (Phi) is 5.33. The highest BCUT2D eigenvalue weighted by Crippen LogP contribution is 2.24. The van der Waals surface area contributed by atoms with Gasteiger partial charge in [-0.2, -0.15) is 5.10 Å². The molecule has 0 amide bonds. The minimum Gasteiger partial charge on any atom is -0.279 e. The van der Waals surface area contributed by atoms with Crippen LogP contribution in [0.5, 0.6) is 0 Å². The van der Waals surface area contributed by atoms with Crippen molar-refractivity contribution < 1.29 is 0 Å². The van der Waals surface area contributed by atoms with Crippen LogP contribution in [-0.4, -0.2) is 5.71 Å². The minimum atomic E-state index is 0.776. The largest absolute Gasteiger partial charge is 0.279 e. The number of nitrogens with one attached hydrogen (secondary N) is 1. The summed E-state index contributed by atoms with van der Waals surface area (Å²) in [6.45, 7) is 12.2. The SMILES string of the molecule is C=C1/C=C\C=C/C/C(C(=C)CCC(=C)C2=CC=CC2)=N\N1. The molecule has 0 saturated heterocycles. The molecule has 0 atom stereocenters. The van der Waals surface area contributed by atoms with E-state index >= 15 is 0 Å². The van der Waals surface area contributed by atoms with E-state index in [0.717, 1.165) is 42.7 Å². The molecule has 1 heterocycles. The monoisotopic (exact) mass is 278 g/mol. The van der Waals surface area contributed by atoms with Gasteiger partial charge in [0.2, 0.25) is 0 Å². The van der Waals surface area contributed by atoms with Crippen LogP contribution in [0.2, 0.25) is 0 Å². The highest BCUT2D eigenvalue weighted by atomic mass is 15.3. The lowest BCUT2D eigenvalue weighted by Gasteiger charge is -2.11. The number of hydrazone groups is 1. The van der Waals surface area contributed by atoms with Gasteiger partial charge in [-0.05, 0) is 36.5 Å². The highest BCUT2D eigenvalue weighted by molar-refractivity contribution is 6.00. The van der Waals surface area contributed by atoms with Gasteiger partial charge in [-0.3, -0.25) is 5.43 Å². The predicted octanol–water partition coefficient (Wildman–Crippen LogP) is 4.74. The van der Waals surface area contributed by atoms with Crippen molar-refractivity contribution in [1.29, 1.82) is 0 Å². The van der Waals surface area contributed by atoms with Gasteiger partial charge in [0.05, 0.1) is 5.71 Å². The Morgan fingerprint density at radius 3 is 2.57 bits per heavy atom. The van der Waals surface area contributed by atoms with Gasteiger partial charge in [0.25, 0.3) is 0 Å². The van der Waals surface area contributed by atoms with E-state index in [9.17, 15) is 0 Å². The molecule has 1 aliphatic heterocycles. The summed E-state index contributed by atoms with van der Waals surface area (Å²) in [4.78, 5) is 0. The number of rotatable bonds is 5. The van der Waals surface area contributed by atoms with E-state index in [1.54, 1.807) is 0 Å². The molecule has 2 rings (SSSR count). The van der Waals surface area contributed by atoms with Crippen molar-refractivity contribution in [2.45, 2.75) is 25.7 Å². The van der Waals surface area contributed by atoms with Gasteiger partial charge in [-0.15, -0.1) is 0 Å². The number of hydrogen-bond acceptors (Lipinski definition) is 2. The molecule has 0 radical (unpaired) electrons. The van der Waals surface area contributed by atoms with Crippen LogP contribution in [0.1, 0.15) is 25.7 Å². The maximum absolute atomic E-state index is 4.41. The van der Waals surface area contributed by atoms with Crippen molar-refractivity contribution in [1.82, 2.24) is 5.43 Å². The van der Waals surface area contributed by atoms with Gasteiger partial charge in [0, 0.05) is 12.1 Å². The van der Waals surface area contributed by atoms with Gasteiger partial charge in [-0.1, -0.05) is 61.8 Å². The molecular formula is C19H22N2. The molecule has 0 unspecified atom stereocenters. The van der Waals surface area contributed by atoms with Gasteiger partial charge in [-0.25, -0.2) is 0 Å². The van der Waals surface area contributed by atoms with Crippen LogP contribution < -0.4 is 5.43 Å². The molecule has 108 valence electrons. The Balaban J connectivity index is 1.91. The van der Waals surface area contributed by atoms with Crippen molar-refractivity contribution in [3.8, 4) is 0 Å². The third-order valence-electron chi connectivity index (χ3n) is 3.55. The molecule has 0 aromatic carbocycles. The highest BCUT2D eigenvalue weighted by Gasteiger charge is 2.08. The third-order valence-corrected chi connectivity index (χ3v) is 3.55. The summed E-state index contributed by atoms with van der Waals surface area (Å²) < 4.78 is 0. The summed E-state index contributed by atoms with van der Waals surface area (Å²) >= 11 is 0. The molecule has 2 nitrogen and oxygen atoms in total. The second-order valence-electron chi connectivity index (χ2n) is 5.22. The summed E-state index contributed by atoms with van der Waals surface area (Å²) in [6, 6.07) is 0. The second-order valence-corrected chi connectivity index (χ2v) is 5.22. The molecule has 0 bridgehead atoms. The molecule has 2 heteroatoms. The predicted molar refractivity (Wildman–Crippen MR) is 92.0 cm³/mol. The van der Waals surface area contributed by atoms with E-state index in [-0.39, 0.29) is 0 Å². The molecule has 2 aliphatic rings. The van der Waals surface area contributed by atoms with Gasteiger partial charge in [0.15, 0.2) is 0 Å². The van der Waals surface area contributed by atoms with Crippen LogP contribution in [0.25, 0.3) is 0 Å². The van der Waals surface area contributed by atoms with Gasteiger partial charge in [0.1, 0.15) is 0 Å². The lowest BCUT2D eigenvalue weighted by molar-refractivity contribution is 0.902. The van der Waals surface area contributed by atoms with Gasteiger partial charge >= 0.3 is 0 Å². The summed E-state index contributed by atoms with van der Waals surface area (Å²) in [7, 11) is 0. The number of allylic oxidation sites excluding steroid dienone is 10. The molecule has 1 N–H and O–H groups in total. The lowest BCUT2D eigenvalue weighted by Crippen LogP contribution is -2.10. The zero-order chi connectivity index (χ0) is 15.1. The molecule has 0 saturated carbocycles. The first-order chi connectivity index (χ1) is 10.2. The van der Waals surface area contributed by atoms with Crippen LogP contribution >= 0.6 is 0 Å². The molecule has 0 spiro atoms. The van der Waals surface area contributed by atoms with Crippen molar-refractivity contribution in [2.75, 3.05) is 0 Å². The van der Waals surface area contributed by atoms with E-state index in [1.165, 1.54) is 11.1 Å². The van der Waals surface area contributed by atoms with Crippen molar-refractivity contribution >= 4 is 5.71 Å². The zero-order valence-electron chi connectivity index (χ0n) is 12.4. The molecule has 0 aromatic heterocycles. The van der Waals surface area contributed by atoms with E-state index in [4.69, 9.17) is 0 Å². The first-order valence-electron chi connectivity index (χ1n) is 7.23. The third kappa shape index (κ3) is 4.60. The first kappa shape index (κ1) is 15.0. The molecular weight excluding hydrogens is 256 g/mol. The standard InChI is InChI=1S/C19H22N2/c1-15(18-10-7-8-11-18)13-14-16(2)19-12-6-4-5-9-17(3)20-21-19/h4-10,20H,1-3,11-14H2/b6-4-,9-5-,21-19+. The van der Waals surface area contributed by atoms with E-state index in [0.29, 0.717) is 0 Å². The summed E-state index contributed by atoms with van der Waals surface area (Å²) in [5, 5.41) is 4.41. The average molecular weight is 278 g/mol. The van der Waals surface area contributed by atoms with Crippen LogP contribution in [0.4, 0.5) is 0 Å². The molecule has 21 heavy (non-hydrogen) atoms. The van der Waals surface area contributed by atoms with Crippen LogP contribution in [0.15, 0.2) is 89.8 Å². The summed E-state index contributed by atoms with van der Waals surface area (Å²) in [5.74, 6) is 0. The number of hydrogen-bond donors (Lipinski definition) is 1. The molecule has 1 aliphatic carbocycles. The average Bonchev–Trinajstić information content (AvgIpc) is 3.02. The second kappa shape index (κ2) is 7.44. The Hall–Kier alpha value is -2.35. The number of nitrogens with zero attached hydrogens (tertiary/aromatic N) is 1. The molecule has 0 fully saturated rings. The first-order valence-corrected chi connectivity index (χ1v) is 7.23. The fourth-order valence-electron chi connectivity index (χ4n) is 2.19. The Morgan fingerprint density at radius 1 is 1.05 bits per heavy atom. The van der Waals surface area contributed by atoms with Gasteiger partial charge < -0.3 is 0 Å². The van der Waals surface area contributed by atoms with Crippen molar-refractivity contribution in [2.24, 2.45) is 5.10 Å². The van der Waals surface area contributed by atoms with E-state index in [1.807, 2.05) is 18.2 Å². The normalized spacial score (nSPS) is 23.0. The van der Waals surface area contributed by atoms with E-state index in [2.05, 4.69) is 54.6 Å². The van der Waals surface area contributed by atoms with Crippen LogP contribution in [0.3, 0.4) is 0 Å². The topological polar surface area (TPSA) is 24.4 Å². The maximum atomic E-state index is 4.41. The Labute approximate surface area is 127 Å². The zero-order valence-corrected chi connectivity index (χ0v) is 12.4. The minimum absolute atomic E-state index is 0.776. The van der Waals surface area contributed by atoms with Crippen LogP contribution in [-0.2, 0) is 0 Å². The fraction of sp³-hybridized carbons (Fsp3) is 0.211. The summed E-state index contributed by atoms with van der Waals surface area (Å²) in [6.07, 6.45) is 17.9. The van der Waals surface area contributed by atoms with Crippen molar-refractivity contribution in [3.05, 3.63) is 84.7 Å². The van der Waals surface area contributed by atoms with E-state index < -0.39 is 0 Å². The molecule has 0 aromatic rings.